The summed E-state index contributed by atoms with van der Waals surface area (Å²) in [5.74, 6) is -0.660. The van der Waals surface area contributed by atoms with Gasteiger partial charge in [-0.1, -0.05) is 0 Å². The van der Waals surface area contributed by atoms with E-state index in [-0.39, 0.29) is 11.4 Å². The number of benzene rings is 2. The summed E-state index contributed by atoms with van der Waals surface area (Å²) in [6, 6.07) is 11.8. The van der Waals surface area contributed by atoms with Gasteiger partial charge in [-0.25, -0.2) is 4.79 Å². The van der Waals surface area contributed by atoms with Crippen molar-refractivity contribution in [2.24, 2.45) is 0 Å². The number of nitrogens with zero attached hydrogens (tertiary/aromatic N) is 1. The molecule has 0 bridgehead atoms. The maximum atomic E-state index is 12.3. The number of carbonyl (C=O) groups is 2. The lowest BCUT2D eigenvalue weighted by atomic mass is 10.1. The lowest BCUT2D eigenvalue weighted by Crippen LogP contribution is -2.28. The van der Waals surface area contributed by atoms with Crippen molar-refractivity contribution in [3.8, 4) is 5.75 Å². The van der Waals surface area contributed by atoms with Crippen molar-refractivity contribution in [1.29, 1.82) is 0 Å². The number of carbonyl (C=O) groups excluding carboxylic acids is 2. The molecule has 0 fully saturated rings. The molecule has 0 heterocycles. The average Bonchev–Trinajstić information content (AvgIpc) is 2.67. The molecule has 0 aliphatic carbocycles. The zero-order chi connectivity index (χ0) is 19.1. The highest BCUT2D eigenvalue weighted by Gasteiger charge is 2.15. The molecule has 0 atom stereocenters. The first-order valence-corrected chi connectivity index (χ1v) is 7.44. The lowest BCUT2D eigenvalue weighted by Gasteiger charge is -2.09. The number of esters is 1. The summed E-state index contributed by atoms with van der Waals surface area (Å²) in [4.78, 5) is 34.4. The van der Waals surface area contributed by atoms with Gasteiger partial charge in [0.15, 0.2) is 0 Å². The van der Waals surface area contributed by atoms with Crippen molar-refractivity contribution in [3.63, 3.8) is 0 Å². The Bertz CT molecular complexity index is 841. The van der Waals surface area contributed by atoms with Crippen LogP contribution < -0.4 is 10.1 Å². The van der Waals surface area contributed by atoms with Crippen molar-refractivity contribution in [3.05, 3.63) is 75.5 Å². The summed E-state index contributed by atoms with van der Waals surface area (Å²) < 4.78 is 9.70. The molecule has 8 heteroatoms. The van der Waals surface area contributed by atoms with Crippen LogP contribution in [0.5, 0.6) is 5.75 Å². The number of nitro benzene ring substituents is 1. The third-order valence-electron chi connectivity index (χ3n) is 3.42. The Labute approximate surface area is 149 Å². The Morgan fingerprint density at radius 3 is 2.15 bits per heavy atom. The van der Waals surface area contributed by atoms with Crippen LogP contribution in [0.15, 0.2) is 54.2 Å². The highest BCUT2D eigenvalue weighted by Crippen LogP contribution is 2.15. The monoisotopic (exact) mass is 356 g/mol. The summed E-state index contributed by atoms with van der Waals surface area (Å²) in [5.41, 5.74) is 0.640. The van der Waals surface area contributed by atoms with E-state index in [1.165, 1.54) is 44.6 Å². The van der Waals surface area contributed by atoms with E-state index in [1.54, 1.807) is 24.3 Å². The van der Waals surface area contributed by atoms with Crippen molar-refractivity contribution >= 4 is 23.6 Å². The highest BCUT2D eigenvalue weighted by molar-refractivity contribution is 6.03. The molecular formula is C18H16N2O6. The zero-order valence-corrected chi connectivity index (χ0v) is 14.1. The Kier molecular flexibility index (Phi) is 6.05. The summed E-state index contributed by atoms with van der Waals surface area (Å²) in [6.45, 7) is 0. The molecule has 0 spiro atoms. The molecule has 0 radical (unpaired) electrons. The highest BCUT2D eigenvalue weighted by atomic mass is 16.6. The molecule has 2 rings (SSSR count). The standard InChI is InChI=1S/C18H16N2O6/c1-25-15-9-5-13(6-10-15)17(21)19-16(18(22)26-2)11-12-3-7-14(8-4-12)20(23)24/h3-11H,1-2H3,(H,19,21). The van der Waals surface area contributed by atoms with Gasteiger partial charge in [-0.2, -0.15) is 0 Å². The van der Waals surface area contributed by atoms with Crippen LogP contribution in [0.2, 0.25) is 0 Å². The van der Waals surface area contributed by atoms with Crippen LogP contribution in [0.3, 0.4) is 0 Å². The smallest absolute Gasteiger partial charge is 0.354 e. The summed E-state index contributed by atoms with van der Waals surface area (Å²) in [6.07, 6.45) is 1.37. The van der Waals surface area contributed by atoms with Gasteiger partial charge >= 0.3 is 5.97 Å². The van der Waals surface area contributed by atoms with Crippen LogP contribution in [0.1, 0.15) is 15.9 Å². The maximum Gasteiger partial charge on any atom is 0.354 e. The van der Waals surface area contributed by atoms with Crippen molar-refractivity contribution in [2.45, 2.75) is 0 Å². The number of nitro groups is 1. The van der Waals surface area contributed by atoms with Gasteiger partial charge in [0, 0.05) is 17.7 Å². The Hall–Kier alpha value is -3.68. The zero-order valence-electron chi connectivity index (χ0n) is 14.1. The average molecular weight is 356 g/mol. The first-order valence-electron chi connectivity index (χ1n) is 7.44. The molecule has 0 aliphatic heterocycles. The second-order valence-electron chi connectivity index (χ2n) is 5.08. The third-order valence-corrected chi connectivity index (χ3v) is 3.42. The number of hydrogen-bond acceptors (Lipinski definition) is 6. The van der Waals surface area contributed by atoms with Gasteiger partial charge in [-0.15, -0.1) is 0 Å². The van der Waals surface area contributed by atoms with E-state index >= 15 is 0 Å². The second kappa shape index (κ2) is 8.43. The predicted octanol–water partition coefficient (Wildman–Crippen LogP) is 2.55. The minimum absolute atomic E-state index is 0.0796. The summed E-state index contributed by atoms with van der Waals surface area (Å²) >= 11 is 0. The summed E-state index contributed by atoms with van der Waals surface area (Å²) in [7, 11) is 2.70. The van der Waals surface area contributed by atoms with E-state index in [0.29, 0.717) is 16.9 Å². The molecule has 0 unspecified atom stereocenters. The molecule has 0 saturated heterocycles. The summed E-state index contributed by atoms with van der Waals surface area (Å²) in [5, 5.41) is 13.2. The number of methoxy groups -OCH3 is 2. The van der Waals surface area contributed by atoms with Crippen LogP contribution >= 0.6 is 0 Å². The maximum absolute atomic E-state index is 12.3. The second-order valence-corrected chi connectivity index (χ2v) is 5.08. The lowest BCUT2D eigenvalue weighted by molar-refractivity contribution is -0.384. The van der Waals surface area contributed by atoms with Crippen LogP contribution in [-0.2, 0) is 9.53 Å². The van der Waals surface area contributed by atoms with Gasteiger partial charge in [-0.3, -0.25) is 14.9 Å². The van der Waals surface area contributed by atoms with Crippen molar-refractivity contribution < 1.29 is 24.0 Å². The van der Waals surface area contributed by atoms with Gasteiger partial charge < -0.3 is 14.8 Å². The molecule has 1 N–H and O–H groups in total. The molecule has 0 aliphatic rings. The number of amides is 1. The third kappa shape index (κ3) is 4.67. The van der Waals surface area contributed by atoms with Gasteiger partial charge in [0.2, 0.25) is 0 Å². The number of ether oxygens (including phenoxy) is 2. The number of nitrogens with one attached hydrogen (secondary N) is 1. The first kappa shape index (κ1) is 18.7. The van der Waals surface area contributed by atoms with Crippen LogP contribution in [0.25, 0.3) is 6.08 Å². The van der Waals surface area contributed by atoms with Crippen molar-refractivity contribution in [1.82, 2.24) is 5.32 Å². The van der Waals surface area contributed by atoms with E-state index < -0.39 is 16.8 Å². The normalized spacial score (nSPS) is 10.8. The van der Waals surface area contributed by atoms with Gasteiger partial charge in [0.25, 0.3) is 11.6 Å². The number of rotatable bonds is 6. The van der Waals surface area contributed by atoms with E-state index in [2.05, 4.69) is 10.1 Å². The Balaban J connectivity index is 2.24. The molecule has 0 aromatic heterocycles. The number of non-ortho nitro benzene ring substituents is 1. The van der Waals surface area contributed by atoms with Gasteiger partial charge in [0.05, 0.1) is 19.1 Å². The molecule has 2 aromatic carbocycles. The largest absolute Gasteiger partial charge is 0.497 e. The van der Waals surface area contributed by atoms with Gasteiger partial charge in [0.1, 0.15) is 11.4 Å². The van der Waals surface area contributed by atoms with E-state index in [0.717, 1.165) is 0 Å². The quantitative estimate of drug-likeness (QED) is 0.369. The Morgan fingerprint density at radius 1 is 1.04 bits per heavy atom. The molecular weight excluding hydrogens is 340 g/mol. The van der Waals surface area contributed by atoms with Crippen LogP contribution in [-0.4, -0.2) is 31.0 Å². The van der Waals surface area contributed by atoms with E-state index in [9.17, 15) is 19.7 Å². The molecule has 134 valence electrons. The van der Waals surface area contributed by atoms with Crippen LogP contribution in [0.4, 0.5) is 5.69 Å². The van der Waals surface area contributed by atoms with E-state index in [4.69, 9.17) is 4.74 Å². The van der Waals surface area contributed by atoms with E-state index in [1.807, 2.05) is 0 Å². The topological polar surface area (TPSA) is 108 Å². The molecule has 2 aromatic rings. The number of hydrogen-bond donors (Lipinski definition) is 1. The predicted molar refractivity (Wildman–Crippen MR) is 93.5 cm³/mol. The minimum Gasteiger partial charge on any atom is -0.497 e. The minimum atomic E-state index is -0.745. The van der Waals surface area contributed by atoms with Crippen LogP contribution in [0, 0.1) is 10.1 Å². The van der Waals surface area contributed by atoms with Crippen molar-refractivity contribution in [2.75, 3.05) is 14.2 Å². The first-order chi connectivity index (χ1) is 12.4. The molecule has 0 saturated carbocycles. The fourth-order valence-corrected chi connectivity index (χ4v) is 2.05. The molecule has 8 nitrogen and oxygen atoms in total. The fourth-order valence-electron chi connectivity index (χ4n) is 2.05. The fraction of sp³-hybridized carbons (Fsp3) is 0.111. The Morgan fingerprint density at radius 2 is 1.65 bits per heavy atom. The van der Waals surface area contributed by atoms with Gasteiger partial charge in [-0.05, 0) is 48.0 Å². The molecule has 1 amide bonds. The SMILES string of the molecule is COC(=O)C(=Cc1ccc([N+](=O)[O-])cc1)NC(=O)c1ccc(OC)cc1. The molecule has 26 heavy (non-hydrogen) atoms.